The van der Waals surface area contributed by atoms with Crippen molar-refractivity contribution in [1.82, 2.24) is 10.2 Å². The predicted molar refractivity (Wildman–Crippen MR) is 103 cm³/mol. The monoisotopic (exact) mass is 420 g/mol. The van der Waals surface area contributed by atoms with E-state index in [-0.39, 0.29) is 18.4 Å². The molecule has 138 valence electrons. The zero-order valence-electron chi connectivity index (χ0n) is 14.7. The molecule has 0 atom stereocenters. The van der Waals surface area contributed by atoms with Gasteiger partial charge in [-0.1, -0.05) is 22.0 Å². The van der Waals surface area contributed by atoms with E-state index < -0.39 is 0 Å². The smallest absolute Gasteiger partial charge is 0.251 e. The Morgan fingerprint density at radius 3 is 2.54 bits per heavy atom. The van der Waals surface area contributed by atoms with Gasteiger partial charge in [0.1, 0.15) is 18.1 Å². The highest BCUT2D eigenvalue weighted by Gasteiger charge is 2.12. The van der Waals surface area contributed by atoms with Crippen molar-refractivity contribution >= 4 is 27.7 Å². The molecule has 2 aromatic carbocycles. The fourth-order valence-electron chi connectivity index (χ4n) is 2.11. The third-order valence-electron chi connectivity index (χ3n) is 3.67. The van der Waals surface area contributed by atoms with E-state index in [0.29, 0.717) is 24.5 Å². The number of hydrogen-bond acceptors (Lipinski definition) is 4. The van der Waals surface area contributed by atoms with E-state index >= 15 is 0 Å². The SMILES string of the molecule is COc1cccc(C(=O)NCC(=O)N(C)CCOc2ccc(Br)cc2)c1. The number of rotatable bonds is 8. The molecule has 2 aromatic rings. The van der Waals surface area contributed by atoms with Gasteiger partial charge in [0.2, 0.25) is 5.91 Å². The van der Waals surface area contributed by atoms with Crippen LogP contribution in [0.2, 0.25) is 0 Å². The first-order valence-corrected chi connectivity index (χ1v) is 8.83. The Bertz CT molecular complexity index is 749. The third kappa shape index (κ3) is 6.07. The molecule has 6 nitrogen and oxygen atoms in total. The van der Waals surface area contributed by atoms with E-state index in [4.69, 9.17) is 9.47 Å². The Morgan fingerprint density at radius 1 is 1.12 bits per heavy atom. The van der Waals surface area contributed by atoms with E-state index in [0.717, 1.165) is 10.2 Å². The van der Waals surface area contributed by atoms with Crippen molar-refractivity contribution in [2.45, 2.75) is 0 Å². The number of carbonyl (C=O) groups excluding carboxylic acids is 2. The number of carbonyl (C=O) groups is 2. The molecule has 0 radical (unpaired) electrons. The molecule has 0 aromatic heterocycles. The lowest BCUT2D eigenvalue weighted by molar-refractivity contribution is -0.129. The molecule has 1 N–H and O–H groups in total. The maximum atomic E-state index is 12.1. The molecule has 26 heavy (non-hydrogen) atoms. The van der Waals surface area contributed by atoms with Gasteiger partial charge in [0.25, 0.3) is 5.91 Å². The van der Waals surface area contributed by atoms with Crippen molar-refractivity contribution < 1.29 is 19.1 Å². The Labute approximate surface area is 161 Å². The topological polar surface area (TPSA) is 67.9 Å². The lowest BCUT2D eigenvalue weighted by atomic mass is 10.2. The van der Waals surface area contributed by atoms with Gasteiger partial charge >= 0.3 is 0 Å². The molecule has 0 heterocycles. The summed E-state index contributed by atoms with van der Waals surface area (Å²) in [5.74, 6) is 0.809. The molecule has 2 amide bonds. The molecule has 2 rings (SSSR count). The van der Waals surface area contributed by atoms with Crippen LogP contribution in [0.15, 0.2) is 53.0 Å². The largest absolute Gasteiger partial charge is 0.497 e. The second-order valence-electron chi connectivity index (χ2n) is 5.53. The van der Waals surface area contributed by atoms with Crippen LogP contribution in [0.5, 0.6) is 11.5 Å². The summed E-state index contributed by atoms with van der Waals surface area (Å²) >= 11 is 3.36. The predicted octanol–water partition coefficient (Wildman–Crippen LogP) is 2.72. The summed E-state index contributed by atoms with van der Waals surface area (Å²) in [5.41, 5.74) is 0.443. The summed E-state index contributed by atoms with van der Waals surface area (Å²) in [6.45, 7) is 0.711. The minimum Gasteiger partial charge on any atom is -0.497 e. The number of hydrogen-bond donors (Lipinski definition) is 1. The molecule has 0 bridgehead atoms. The van der Waals surface area contributed by atoms with Crippen molar-refractivity contribution in [1.29, 1.82) is 0 Å². The summed E-state index contributed by atoms with van der Waals surface area (Å²) < 4.78 is 11.6. The average Bonchev–Trinajstić information content (AvgIpc) is 2.67. The van der Waals surface area contributed by atoms with Gasteiger partial charge in [-0.05, 0) is 42.5 Å². The summed E-state index contributed by atoms with van der Waals surface area (Å²) in [6, 6.07) is 14.2. The number of nitrogens with zero attached hydrogens (tertiary/aromatic N) is 1. The number of ether oxygens (including phenoxy) is 2. The number of likely N-dealkylation sites (N-methyl/N-ethyl adjacent to an activating group) is 1. The lowest BCUT2D eigenvalue weighted by Gasteiger charge is -2.18. The number of amides is 2. The molecular formula is C19H21BrN2O4. The van der Waals surface area contributed by atoms with Gasteiger partial charge in [-0.2, -0.15) is 0 Å². The van der Waals surface area contributed by atoms with Crippen LogP contribution in [0, 0.1) is 0 Å². The van der Waals surface area contributed by atoms with Crippen LogP contribution >= 0.6 is 15.9 Å². The second-order valence-corrected chi connectivity index (χ2v) is 6.45. The minimum absolute atomic E-state index is 0.0785. The number of nitrogens with one attached hydrogen (secondary N) is 1. The summed E-state index contributed by atoms with van der Waals surface area (Å²) in [7, 11) is 3.21. The first kappa shape index (κ1) is 19.8. The fraction of sp³-hybridized carbons (Fsp3) is 0.263. The quantitative estimate of drug-likeness (QED) is 0.712. The molecule has 0 fully saturated rings. The van der Waals surface area contributed by atoms with Gasteiger partial charge in [0.15, 0.2) is 0 Å². The highest BCUT2D eigenvalue weighted by atomic mass is 79.9. The Balaban J connectivity index is 1.74. The Kier molecular flexibility index (Phi) is 7.47. The standard InChI is InChI=1S/C19H21BrN2O4/c1-22(10-11-26-16-8-6-15(20)7-9-16)18(23)13-21-19(24)14-4-3-5-17(12-14)25-2/h3-9,12H,10-11,13H2,1-2H3,(H,21,24). The van der Waals surface area contributed by atoms with Gasteiger partial charge < -0.3 is 19.7 Å². The van der Waals surface area contributed by atoms with Crippen LogP contribution in [-0.4, -0.2) is 50.6 Å². The van der Waals surface area contributed by atoms with Crippen molar-refractivity contribution in [3.63, 3.8) is 0 Å². The van der Waals surface area contributed by atoms with Crippen LogP contribution < -0.4 is 14.8 Å². The summed E-state index contributed by atoms with van der Waals surface area (Å²) in [5, 5.41) is 2.61. The molecule has 0 aliphatic carbocycles. The number of methoxy groups -OCH3 is 1. The molecule has 0 spiro atoms. The van der Waals surface area contributed by atoms with Crippen LogP contribution in [0.3, 0.4) is 0 Å². The molecule has 0 saturated heterocycles. The van der Waals surface area contributed by atoms with Crippen molar-refractivity contribution in [2.75, 3.05) is 33.9 Å². The molecule has 0 aliphatic heterocycles. The Morgan fingerprint density at radius 2 is 1.85 bits per heavy atom. The number of halogens is 1. The highest BCUT2D eigenvalue weighted by molar-refractivity contribution is 9.10. The normalized spacial score (nSPS) is 10.1. The fourth-order valence-corrected chi connectivity index (χ4v) is 2.38. The zero-order chi connectivity index (χ0) is 18.9. The molecular weight excluding hydrogens is 400 g/mol. The average molecular weight is 421 g/mol. The maximum Gasteiger partial charge on any atom is 0.251 e. The van der Waals surface area contributed by atoms with E-state index in [9.17, 15) is 9.59 Å². The summed E-state index contributed by atoms with van der Waals surface area (Å²) in [4.78, 5) is 25.7. The van der Waals surface area contributed by atoms with E-state index in [1.54, 1.807) is 31.3 Å². The molecule has 0 saturated carbocycles. The second kappa shape index (κ2) is 9.82. The highest BCUT2D eigenvalue weighted by Crippen LogP contribution is 2.16. The number of benzene rings is 2. The minimum atomic E-state index is -0.322. The van der Waals surface area contributed by atoms with Crippen molar-refractivity contribution in [3.8, 4) is 11.5 Å². The van der Waals surface area contributed by atoms with Gasteiger partial charge in [-0.3, -0.25) is 9.59 Å². The third-order valence-corrected chi connectivity index (χ3v) is 4.20. The van der Waals surface area contributed by atoms with Gasteiger partial charge in [-0.15, -0.1) is 0 Å². The van der Waals surface area contributed by atoms with Gasteiger partial charge in [0.05, 0.1) is 20.2 Å². The molecule has 7 heteroatoms. The Hall–Kier alpha value is -2.54. The van der Waals surface area contributed by atoms with Crippen molar-refractivity contribution in [2.24, 2.45) is 0 Å². The zero-order valence-corrected chi connectivity index (χ0v) is 16.3. The van der Waals surface area contributed by atoms with Gasteiger partial charge in [0, 0.05) is 17.1 Å². The van der Waals surface area contributed by atoms with Gasteiger partial charge in [-0.25, -0.2) is 0 Å². The van der Waals surface area contributed by atoms with Crippen LogP contribution in [0.4, 0.5) is 0 Å². The van der Waals surface area contributed by atoms with E-state index in [2.05, 4.69) is 21.2 Å². The van der Waals surface area contributed by atoms with Crippen molar-refractivity contribution in [3.05, 3.63) is 58.6 Å². The van der Waals surface area contributed by atoms with Crippen LogP contribution in [0.1, 0.15) is 10.4 Å². The summed E-state index contributed by atoms with van der Waals surface area (Å²) in [6.07, 6.45) is 0. The first-order valence-electron chi connectivity index (χ1n) is 8.04. The maximum absolute atomic E-state index is 12.1. The van der Waals surface area contributed by atoms with E-state index in [1.807, 2.05) is 24.3 Å². The van der Waals surface area contributed by atoms with E-state index in [1.165, 1.54) is 12.0 Å². The first-order chi connectivity index (χ1) is 12.5. The van der Waals surface area contributed by atoms with Crippen LogP contribution in [-0.2, 0) is 4.79 Å². The molecule has 0 aliphatic rings. The van der Waals surface area contributed by atoms with Crippen LogP contribution in [0.25, 0.3) is 0 Å². The molecule has 0 unspecified atom stereocenters. The lowest BCUT2D eigenvalue weighted by Crippen LogP contribution is -2.39.